The molecule has 1 aromatic heterocycles. The van der Waals surface area contributed by atoms with Gasteiger partial charge >= 0.3 is 0 Å². The molecule has 2 N–H and O–H groups in total. The maximum absolute atomic E-state index is 13.0. The fourth-order valence-electron chi connectivity index (χ4n) is 4.42. The first-order valence-corrected chi connectivity index (χ1v) is 8.33. The van der Waals surface area contributed by atoms with Gasteiger partial charge in [0.25, 0.3) is 5.56 Å². The molecule has 4 nitrogen and oxygen atoms in total. The van der Waals surface area contributed by atoms with Crippen molar-refractivity contribution in [1.82, 2.24) is 9.55 Å². The Morgan fingerprint density at radius 1 is 1.27 bits per heavy atom. The molecule has 1 aliphatic heterocycles. The molecule has 1 saturated carbocycles. The highest BCUT2D eigenvalue weighted by Gasteiger charge is 2.43. The van der Waals surface area contributed by atoms with Gasteiger partial charge in [-0.3, -0.25) is 9.36 Å². The van der Waals surface area contributed by atoms with Crippen LogP contribution in [0.15, 0.2) is 16.9 Å². The van der Waals surface area contributed by atoms with E-state index in [0.717, 1.165) is 40.8 Å². The van der Waals surface area contributed by atoms with Crippen molar-refractivity contribution in [1.29, 1.82) is 0 Å². The fraction of sp³-hybridized carbons (Fsp3) is 0.556. The minimum atomic E-state index is -0.113. The zero-order chi connectivity index (χ0) is 15.5. The summed E-state index contributed by atoms with van der Waals surface area (Å²) < 4.78 is 1.93. The summed E-state index contributed by atoms with van der Waals surface area (Å²) in [6.07, 6.45) is 5.91. The predicted octanol–water partition coefficient (Wildman–Crippen LogP) is 2.94. The monoisotopic (exact) mass is 297 g/mol. The highest BCUT2D eigenvalue weighted by Crippen LogP contribution is 2.46. The summed E-state index contributed by atoms with van der Waals surface area (Å²) in [6, 6.07) is 3.93. The Balaban J connectivity index is 2.07. The number of hydrogen-bond donors (Lipinski definition) is 1. The van der Waals surface area contributed by atoms with Crippen molar-refractivity contribution < 1.29 is 0 Å². The maximum Gasteiger partial charge on any atom is 0.261 e. The summed E-state index contributed by atoms with van der Waals surface area (Å²) in [7, 11) is 0. The molecule has 0 bridgehead atoms. The molecule has 1 spiro atoms. The zero-order valence-corrected chi connectivity index (χ0v) is 13.4. The molecule has 1 aliphatic carbocycles. The third kappa shape index (κ3) is 1.80. The summed E-state index contributed by atoms with van der Waals surface area (Å²) in [5.74, 6) is 1.02. The topological polar surface area (TPSA) is 60.9 Å². The normalized spacial score (nSPS) is 20.7. The minimum Gasteiger partial charge on any atom is -0.324 e. The Morgan fingerprint density at radius 2 is 2.00 bits per heavy atom. The molecule has 1 atom stereocenters. The van der Waals surface area contributed by atoms with Crippen LogP contribution in [0.1, 0.15) is 62.0 Å². The van der Waals surface area contributed by atoms with Gasteiger partial charge in [0.05, 0.1) is 10.9 Å². The number of hydrogen-bond acceptors (Lipinski definition) is 3. The van der Waals surface area contributed by atoms with Crippen LogP contribution in [0.4, 0.5) is 0 Å². The van der Waals surface area contributed by atoms with Crippen LogP contribution in [0.3, 0.4) is 0 Å². The maximum atomic E-state index is 13.0. The van der Waals surface area contributed by atoms with Gasteiger partial charge in [-0.05, 0) is 50.3 Å². The first-order valence-electron chi connectivity index (χ1n) is 8.33. The van der Waals surface area contributed by atoms with E-state index < -0.39 is 0 Å². The lowest BCUT2D eigenvalue weighted by atomic mass is 9.84. The number of nitrogens with zero attached hydrogens (tertiary/aromatic N) is 2. The Labute approximate surface area is 130 Å². The van der Waals surface area contributed by atoms with Gasteiger partial charge < -0.3 is 5.73 Å². The average Bonchev–Trinajstić information content (AvgIpc) is 3.09. The molecule has 1 fully saturated rings. The molecular formula is C18H23N3O. The van der Waals surface area contributed by atoms with Crippen molar-refractivity contribution in [2.75, 3.05) is 0 Å². The molecule has 0 saturated heterocycles. The lowest BCUT2D eigenvalue weighted by Gasteiger charge is -2.22. The first kappa shape index (κ1) is 13.9. The van der Waals surface area contributed by atoms with Gasteiger partial charge in [-0.15, -0.1) is 0 Å². The lowest BCUT2D eigenvalue weighted by molar-refractivity contribution is 0.429. The van der Waals surface area contributed by atoms with Gasteiger partial charge in [0, 0.05) is 18.0 Å². The summed E-state index contributed by atoms with van der Waals surface area (Å²) >= 11 is 0. The van der Waals surface area contributed by atoms with Crippen LogP contribution in [-0.4, -0.2) is 9.55 Å². The summed E-state index contributed by atoms with van der Waals surface area (Å²) in [6.45, 7) is 4.80. The number of benzene rings is 1. The molecule has 2 aromatic rings. The second-order valence-corrected chi connectivity index (χ2v) is 7.17. The van der Waals surface area contributed by atoms with Crippen LogP contribution in [-0.2, 0) is 12.0 Å². The van der Waals surface area contributed by atoms with E-state index >= 15 is 0 Å². The standard InChI is InChI=1S/C18H23N3O/c1-11-9-13(12(2)19)15-14(10-11)16(22)21-8-7-18(17(21)20-15)5-3-4-6-18/h9-10,12H,3-8,19H2,1-2H3/t12-/m1/s1. The van der Waals surface area contributed by atoms with Crippen LogP contribution >= 0.6 is 0 Å². The van der Waals surface area contributed by atoms with Gasteiger partial charge in [-0.2, -0.15) is 0 Å². The third-order valence-electron chi connectivity index (χ3n) is 5.57. The van der Waals surface area contributed by atoms with E-state index in [2.05, 4.69) is 6.07 Å². The Morgan fingerprint density at radius 3 is 2.68 bits per heavy atom. The van der Waals surface area contributed by atoms with Crippen molar-refractivity contribution >= 4 is 10.9 Å². The largest absolute Gasteiger partial charge is 0.324 e. The third-order valence-corrected chi connectivity index (χ3v) is 5.57. The number of fused-ring (bicyclic) bond motifs is 3. The van der Waals surface area contributed by atoms with E-state index in [4.69, 9.17) is 10.7 Å². The van der Waals surface area contributed by atoms with Crippen molar-refractivity contribution in [3.05, 3.63) is 39.4 Å². The van der Waals surface area contributed by atoms with Crippen molar-refractivity contribution in [2.45, 2.75) is 64.0 Å². The Hall–Kier alpha value is -1.68. The molecular weight excluding hydrogens is 274 g/mol. The van der Waals surface area contributed by atoms with E-state index in [1.165, 1.54) is 25.7 Å². The second-order valence-electron chi connectivity index (χ2n) is 7.17. The fourth-order valence-corrected chi connectivity index (χ4v) is 4.42. The molecule has 4 rings (SSSR count). The SMILES string of the molecule is Cc1cc([C@@H](C)N)c2nc3n(c(=O)c2c1)CCC31CCCC1. The lowest BCUT2D eigenvalue weighted by Crippen LogP contribution is -2.27. The average molecular weight is 297 g/mol. The molecule has 2 aliphatic rings. The van der Waals surface area contributed by atoms with E-state index in [1.807, 2.05) is 24.5 Å². The Kier molecular flexibility index (Phi) is 2.95. The molecule has 0 radical (unpaired) electrons. The molecule has 1 aromatic carbocycles. The molecule has 0 unspecified atom stereocenters. The Bertz CT molecular complexity index is 813. The highest BCUT2D eigenvalue weighted by atomic mass is 16.1. The molecule has 22 heavy (non-hydrogen) atoms. The highest BCUT2D eigenvalue weighted by molar-refractivity contribution is 5.82. The van der Waals surface area contributed by atoms with Crippen LogP contribution in [0, 0.1) is 6.92 Å². The van der Waals surface area contributed by atoms with Crippen LogP contribution in [0.2, 0.25) is 0 Å². The molecule has 4 heteroatoms. The van der Waals surface area contributed by atoms with E-state index in [0.29, 0.717) is 0 Å². The second kappa shape index (κ2) is 4.66. The summed E-state index contributed by atoms with van der Waals surface area (Å²) in [5.41, 5.74) is 9.30. The van der Waals surface area contributed by atoms with Crippen LogP contribution in [0.5, 0.6) is 0 Å². The van der Waals surface area contributed by atoms with Gasteiger partial charge in [0.15, 0.2) is 0 Å². The van der Waals surface area contributed by atoms with Crippen molar-refractivity contribution in [3.63, 3.8) is 0 Å². The molecule has 116 valence electrons. The quantitative estimate of drug-likeness (QED) is 0.880. The van der Waals surface area contributed by atoms with Gasteiger partial charge in [-0.1, -0.05) is 18.9 Å². The van der Waals surface area contributed by atoms with E-state index in [9.17, 15) is 4.79 Å². The smallest absolute Gasteiger partial charge is 0.261 e. The van der Waals surface area contributed by atoms with E-state index in [-0.39, 0.29) is 17.0 Å². The van der Waals surface area contributed by atoms with Gasteiger partial charge in [-0.25, -0.2) is 4.98 Å². The van der Waals surface area contributed by atoms with Crippen LogP contribution < -0.4 is 11.3 Å². The predicted molar refractivity (Wildman–Crippen MR) is 88.1 cm³/mol. The molecule has 2 heterocycles. The number of aromatic nitrogens is 2. The minimum absolute atomic E-state index is 0.113. The first-order chi connectivity index (χ1) is 10.5. The van der Waals surface area contributed by atoms with E-state index in [1.54, 1.807) is 0 Å². The van der Waals surface area contributed by atoms with Gasteiger partial charge in [0.1, 0.15) is 5.82 Å². The number of aryl methyl sites for hydroxylation is 1. The summed E-state index contributed by atoms with van der Waals surface area (Å²) in [4.78, 5) is 18.0. The molecule has 0 amide bonds. The number of nitrogens with two attached hydrogens (primary N) is 1. The van der Waals surface area contributed by atoms with Crippen LogP contribution in [0.25, 0.3) is 10.9 Å². The number of rotatable bonds is 1. The zero-order valence-electron chi connectivity index (χ0n) is 13.4. The van der Waals surface area contributed by atoms with Crippen molar-refractivity contribution in [2.24, 2.45) is 5.73 Å². The summed E-state index contributed by atoms with van der Waals surface area (Å²) in [5, 5.41) is 0.728. The van der Waals surface area contributed by atoms with Crippen molar-refractivity contribution in [3.8, 4) is 0 Å². The van der Waals surface area contributed by atoms with Gasteiger partial charge in [0.2, 0.25) is 0 Å².